The van der Waals surface area contributed by atoms with Crippen molar-refractivity contribution in [3.63, 3.8) is 0 Å². The minimum Gasteiger partial charge on any atom is -0.346 e. The maximum atomic E-state index is 13.2. The fourth-order valence-electron chi connectivity index (χ4n) is 4.28. The lowest BCUT2D eigenvalue weighted by atomic mass is 9.86. The zero-order chi connectivity index (χ0) is 19.9. The van der Waals surface area contributed by atoms with Crippen molar-refractivity contribution >= 4 is 17.5 Å². The lowest BCUT2D eigenvalue weighted by Gasteiger charge is -2.49. The Labute approximate surface area is 163 Å². The molecule has 2 aliphatic heterocycles. The van der Waals surface area contributed by atoms with Crippen molar-refractivity contribution in [2.75, 3.05) is 40.3 Å². The van der Waals surface area contributed by atoms with E-state index in [4.69, 9.17) is 0 Å². The fourth-order valence-corrected chi connectivity index (χ4v) is 4.28. The molecule has 1 atom stereocenters. The Morgan fingerprint density at radius 3 is 2.75 bits per heavy atom. The third kappa shape index (κ3) is 3.07. The number of carbonyl (C=O) groups excluding carboxylic acids is 2. The van der Waals surface area contributed by atoms with Gasteiger partial charge in [0.1, 0.15) is 11.2 Å². The van der Waals surface area contributed by atoms with Crippen molar-refractivity contribution in [1.82, 2.24) is 24.1 Å². The first-order valence-corrected chi connectivity index (χ1v) is 9.62. The summed E-state index contributed by atoms with van der Waals surface area (Å²) in [4.78, 5) is 48.2. The predicted octanol–water partition coefficient (Wildman–Crippen LogP) is 0.463. The van der Waals surface area contributed by atoms with E-state index in [-0.39, 0.29) is 28.5 Å². The van der Waals surface area contributed by atoms with Gasteiger partial charge < -0.3 is 9.80 Å². The summed E-state index contributed by atoms with van der Waals surface area (Å²) in [5.74, 6) is -0.141. The van der Waals surface area contributed by atoms with Crippen LogP contribution >= 0.6 is 0 Å². The maximum Gasteiger partial charge on any atom is 0.270 e. The summed E-state index contributed by atoms with van der Waals surface area (Å²) in [5.41, 5.74) is 0.0169. The number of likely N-dealkylation sites (N-methyl/N-ethyl adjacent to an activating group) is 1. The highest BCUT2D eigenvalue weighted by molar-refractivity contribution is 5.94. The molecular formula is C20H25N5O3. The Kier molecular flexibility index (Phi) is 4.66. The Bertz CT molecular complexity index is 987. The molecule has 1 spiro atoms. The number of rotatable bonds is 1. The van der Waals surface area contributed by atoms with Gasteiger partial charge in [-0.25, -0.2) is 4.98 Å². The molecular weight excluding hydrogens is 358 g/mol. The second-order valence-corrected chi connectivity index (χ2v) is 7.84. The second-order valence-electron chi connectivity index (χ2n) is 7.84. The smallest absolute Gasteiger partial charge is 0.270 e. The summed E-state index contributed by atoms with van der Waals surface area (Å²) in [7, 11) is 3.89. The van der Waals surface area contributed by atoms with Crippen LogP contribution in [0.25, 0.3) is 5.65 Å². The van der Waals surface area contributed by atoms with Gasteiger partial charge >= 0.3 is 0 Å². The first kappa shape index (κ1) is 18.6. The van der Waals surface area contributed by atoms with Gasteiger partial charge in [-0.1, -0.05) is 6.07 Å². The Morgan fingerprint density at radius 2 is 1.93 bits per heavy atom. The quantitative estimate of drug-likeness (QED) is 0.715. The fraction of sp³-hybridized carbons (Fsp3) is 0.500. The van der Waals surface area contributed by atoms with E-state index in [0.717, 1.165) is 6.42 Å². The van der Waals surface area contributed by atoms with Crippen LogP contribution < -0.4 is 5.56 Å². The molecule has 0 unspecified atom stereocenters. The predicted molar refractivity (Wildman–Crippen MR) is 104 cm³/mol. The number of pyridine rings is 1. The molecule has 4 rings (SSSR count). The van der Waals surface area contributed by atoms with Crippen molar-refractivity contribution in [3.05, 3.63) is 46.5 Å². The van der Waals surface area contributed by atoms with Gasteiger partial charge in [-0.15, -0.1) is 0 Å². The van der Waals surface area contributed by atoms with Gasteiger partial charge in [0.15, 0.2) is 0 Å². The van der Waals surface area contributed by atoms with E-state index in [0.29, 0.717) is 44.7 Å². The van der Waals surface area contributed by atoms with E-state index >= 15 is 0 Å². The molecule has 28 heavy (non-hydrogen) atoms. The highest BCUT2D eigenvalue weighted by Crippen LogP contribution is 2.32. The van der Waals surface area contributed by atoms with Gasteiger partial charge in [-0.2, -0.15) is 0 Å². The summed E-state index contributed by atoms with van der Waals surface area (Å²) in [6.07, 6.45) is 5.01. The van der Waals surface area contributed by atoms with Crippen LogP contribution in [0.3, 0.4) is 0 Å². The summed E-state index contributed by atoms with van der Waals surface area (Å²) < 4.78 is 1.40. The summed E-state index contributed by atoms with van der Waals surface area (Å²) in [5, 5.41) is 0. The number of carbonyl (C=O) groups is 2. The van der Waals surface area contributed by atoms with E-state index in [2.05, 4.69) is 16.9 Å². The van der Waals surface area contributed by atoms with Crippen LogP contribution in [0.15, 0.2) is 35.4 Å². The molecule has 0 radical (unpaired) electrons. The highest BCUT2D eigenvalue weighted by Gasteiger charge is 2.43. The van der Waals surface area contributed by atoms with Gasteiger partial charge in [-0.05, 0) is 32.0 Å². The topological polar surface area (TPSA) is 78.2 Å². The number of hydrogen-bond donors (Lipinski definition) is 0. The zero-order valence-electron chi connectivity index (χ0n) is 16.3. The zero-order valence-corrected chi connectivity index (χ0v) is 16.3. The first-order chi connectivity index (χ1) is 13.4. The average Bonchev–Trinajstić information content (AvgIpc) is 2.85. The standard InChI is InChI=1S/C20H25N5O3/c1-22-10-8-20(7-6-17(22)26)14-24(12-11-23(20)2)18(27)15-13-21-16-5-3-4-9-25(16)19(15)28/h3-5,9,13H,6-8,10-12,14H2,1-2H3/t20-/m1/s1. The number of amides is 2. The molecule has 0 saturated carbocycles. The molecule has 2 aliphatic rings. The number of fused-ring (bicyclic) bond motifs is 1. The maximum absolute atomic E-state index is 13.2. The highest BCUT2D eigenvalue weighted by atomic mass is 16.2. The van der Waals surface area contributed by atoms with Gasteiger partial charge in [0.2, 0.25) is 5.91 Å². The van der Waals surface area contributed by atoms with E-state index in [1.54, 1.807) is 34.2 Å². The minimum atomic E-state index is -0.348. The third-order valence-electron chi connectivity index (χ3n) is 6.27. The molecule has 2 amide bonds. The molecule has 2 aromatic heterocycles. The molecule has 2 fully saturated rings. The van der Waals surface area contributed by atoms with Crippen LogP contribution in [-0.4, -0.2) is 81.7 Å². The lowest BCUT2D eigenvalue weighted by Crippen LogP contribution is -2.62. The minimum absolute atomic E-state index is 0.0882. The van der Waals surface area contributed by atoms with Crippen molar-refractivity contribution in [3.8, 4) is 0 Å². The summed E-state index contributed by atoms with van der Waals surface area (Å²) in [6, 6.07) is 5.28. The molecule has 2 aromatic rings. The molecule has 8 heteroatoms. The molecule has 4 heterocycles. The normalized spacial score (nSPS) is 24.0. The second kappa shape index (κ2) is 7.01. The number of aromatic nitrogens is 2. The van der Waals surface area contributed by atoms with E-state index in [1.807, 2.05) is 7.05 Å². The molecule has 148 valence electrons. The largest absolute Gasteiger partial charge is 0.346 e. The molecule has 2 saturated heterocycles. The first-order valence-electron chi connectivity index (χ1n) is 9.62. The van der Waals surface area contributed by atoms with Crippen LogP contribution in [-0.2, 0) is 4.79 Å². The van der Waals surface area contributed by atoms with Crippen molar-refractivity contribution in [2.45, 2.75) is 24.8 Å². The number of piperazine rings is 1. The van der Waals surface area contributed by atoms with Crippen LogP contribution in [0.1, 0.15) is 29.6 Å². The molecule has 0 aliphatic carbocycles. The molecule has 8 nitrogen and oxygen atoms in total. The Morgan fingerprint density at radius 1 is 1.11 bits per heavy atom. The molecule has 0 bridgehead atoms. The van der Waals surface area contributed by atoms with Crippen LogP contribution in [0, 0.1) is 0 Å². The third-order valence-corrected chi connectivity index (χ3v) is 6.27. The van der Waals surface area contributed by atoms with E-state index in [9.17, 15) is 14.4 Å². The Hall–Kier alpha value is -2.74. The van der Waals surface area contributed by atoms with Crippen molar-refractivity contribution in [1.29, 1.82) is 0 Å². The van der Waals surface area contributed by atoms with Gasteiger partial charge in [0, 0.05) is 57.6 Å². The van der Waals surface area contributed by atoms with Crippen molar-refractivity contribution in [2.24, 2.45) is 0 Å². The summed E-state index contributed by atoms with van der Waals surface area (Å²) in [6.45, 7) is 2.45. The van der Waals surface area contributed by atoms with Gasteiger partial charge in [0.05, 0.1) is 0 Å². The van der Waals surface area contributed by atoms with Crippen molar-refractivity contribution < 1.29 is 9.59 Å². The van der Waals surface area contributed by atoms with Crippen LogP contribution in [0.5, 0.6) is 0 Å². The monoisotopic (exact) mass is 383 g/mol. The van der Waals surface area contributed by atoms with E-state index in [1.165, 1.54) is 10.6 Å². The number of likely N-dealkylation sites (tertiary alicyclic amines) is 1. The van der Waals surface area contributed by atoms with Gasteiger partial charge in [-0.3, -0.25) is 23.7 Å². The molecule has 0 N–H and O–H groups in total. The van der Waals surface area contributed by atoms with E-state index < -0.39 is 0 Å². The van der Waals surface area contributed by atoms with Crippen LogP contribution in [0.2, 0.25) is 0 Å². The number of hydrogen-bond acceptors (Lipinski definition) is 5. The number of nitrogens with zero attached hydrogens (tertiary/aromatic N) is 5. The Balaban J connectivity index is 1.63. The van der Waals surface area contributed by atoms with Crippen LogP contribution in [0.4, 0.5) is 0 Å². The SMILES string of the molecule is CN1CC[C@]2(CCC1=O)CN(C(=O)c1cnc3ccccn3c1=O)CCN2C. The van der Waals surface area contributed by atoms with Gasteiger partial charge in [0.25, 0.3) is 11.5 Å². The summed E-state index contributed by atoms with van der Waals surface area (Å²) >= 11 is 0. The average molecular weight is 383 g/mol. The lowest BCUT2D eigenvalue weighted by molar-refractivity contribution is -0.129. The molecule has 0 aromatic carbocycles.